The van der Waals surface area contributed by atoms with Gasteiger partial charge in [-0.2, -0.15) is 0 Å². The maximum atomic E-state index is 7.77. The van der Waals surface area contributed by atoms with Gasteiger partial charge in [0.05, 0.1) is 5.69 Å². The highest BCUT2D eigenvalue weighted by atomic mass is 79.9. The Morgan fingerprint density at radius 1 is 1.43 bits per heavy atom. The lowest BCUT2D eigenvalue weighted by Crippen LogP contribution is -2.23. The smallest absolute Gasteiger partial charge is 0.100 e. The van der Waals surface area contributed by atoms with Crippen molar-refractivity contribution in [2.75, 3.05) is 11.4 Å². The molecule has 2 nitrogen and oxygen atoms in total. The van der Waals surface area contributed by atoms with Gasteiger partial charge < -0.3 is 4.90 Å². The second-order valence-corrected chi connectivity index (χ2v) is 4.59. The molecule has 1 aromatic rings. The van der Waals surface area contributed by atoms with Gasteiger partial charge in [0.15, 0.2) is 0 Å². The third-order valence-electron chi connectivity index (χ3n) is 2.32. The number of hydrogen-bond donors (Lipinski definition) is 1. The highest BCUT2D eigenvalue weighted by molar-refractivity contribution is 9.10. The molecule has 2 rings (SSSR count). The molecule has 74 valence electrons. The van der Waals surface area contributed by atoms with E-state index in [4.69, 9.17) is 17.0 Å². The first-order chi connectivity index (χ1) is 6.68. The van der Waals surface area contributed by atoms with Crippen molar-refractivity contribution in [3.8, 4) is 0 Å². The van der Waals surface area contributed by atoms with Crippen LogP contribution in [0.25, 0.3) is 0 Å². The first kappa shape index (κ1) is 9.99. The second-order valence-electron chi connectivity index (χ2n) is 3.30. The van der Waals surface area contributed by atoms with E-state index >= 15 is 0 Å². The van der Waals surface area contributed by atoms with Crippen molar-refractivity contribution < 1.29 is 0 Å². The van der Waals surface area contributed by atoms with E-state index in [1.807, 2.05) is 23.1 Å². The molecule has 1 saturated heterocycles. The molecule has 0 atom stereocenters. The van der Waals surface area contributed by atoms with E-state index in [9.17, 15) is 0 Å². The Morgan fingerprint density at radius 3 is 2.86 bits per heavy atom. The second kappa shape index (κ2) is 3.91. The third-order valence-corrected chi connectivity index (χ3v) is 3.23. The third kappa shape index (κ3) is 1.79. The summed E-state index contributed by atoms with van der Waals surface area (Å²) in [5.74, 6) is 0.674. The van der Waals surface area contributed by atoms with Crippen molar-refractivity contribution in [2.24, 2.45) is 0 Å². The van der Waals surface area contributed by atoms with E-state index < -0.39 is 0 Å². The summed E-state index contributed by atoms with van der Waals surface area (Å²) in [4.78, 5) is 2.00. The number of nitrogens with one attached hydrogen (secondary N) is 1. The van der Waals surface area contributed by atoms with E-state index in [0.29, 0.717) is 10.9 Å². The largest absolute Gasteiger partial charge is 0.329 e. The predicted molar refractivity (Wildman–Crippen MR) is 63.5 cm³/mol. The van der Waals surface area contributed by atoms with Gasteiger partial charge in [0.2, 0.25) is 0 Å². The van der Waals surface area contributed by atoms with E-state index in [1.165, 1.54) is 0 Å². The highest BCUT2D eigenvalue weighted by Gasteiger charge is 2.20. The minimum absolute atomic E-state index is 0.674. The number of amidine groups is 1. The molecule has 0 spiro atoms. The summed E-state index contributed by atoms with van der Waals surface area (Å²) in [6, 6.07) is 5.66. The minimum Gasteiger partial charge on any atom is -0.329 e. The normalized spacial score (nSPS) is 16.4. The SMILES string of the molecule is N=C1CCCN1c1cc(Cl)ccc1Br. The lowest BCUT2D eigenvalue weighted by atomic mass is 10.3. The molecular weight excluding hydrogens is 263 g/mol. The van der Waals surface area contributed by atoms with Crippen LogP contribution in [0.1, 0.15) is 12.8 Å². The standard InChI is InChI=1S/C10H10BrClN2/c11-8-4-3-7(12)6-9(8)14-5-1-2-10(14)13/h3-4,6,13H,1-2,5H2. The van der Waals surface area contributed by atoms with Crippen LogP contribution < -0.4 is 4.90 Å². The van der Waals surface area contributed by atoms with Crippen LogP contribution >= 0.6 is 27.5 Å². The van der Waals surface area contributed by atoms with Crippen LogP contribution in [0.5, 0.6) is 0 Å². The monoisotopic (exact) mass is 272 g/mol. The Kier molecular flexibility index (Phi) is 2.79. The molecule has 1 aliphatic rings. The topological polar surface area (TPSA) is 27.1 Å². The number of rotatable bonds is 1. The number of nitrogens with zero attached hydrogens (tertiary/aromatic N) is 1. The quantitative estimate of drug-likeness (QED) is 0.830. The van der Waals surface area contributed by atoms with Crippen molar-refractivity contribution in [2.45, 2.75) is 12.8 Å². The molecular formula is C10H10BrClN2. The van der Waals surface area contributed by atoms with Crippen molar-refractivity contribution in [1.29, 1.82) is 5.41 Å². The molecule has 14 heavy (non-hydrogen) atoms. The fourth-order valence-electron chi connectivity index (χ4n) is 1.63. The predicted octanol–water partition coefficient (Wildman–Crippen LogP) is 3.68. The molecule has 0 bridgehead atoms. The maximum Gasteiger partial charge on any atom is 0.100 e. The van der Waals surface area contributed by atoms with Crippen LogP contribution in [-0.2, 0) is 0 Å². The number of hydrogen-bond acceptors (Lipinski definition) is 1. The Hall–Kier alpha value is -0.540. The Morgan fingerprint density at radius 2 is 2.21 bits per heavy atom. The molecule has 1 N–H and O–H groups in total. The number of halogens is 2. The van der Waals surface area contributed by atoms with E-state index in [-0.39, 0.29) is 0 Å². The summed E-state index contributed by atoms with van der Waals surface area (Å²) in [6.45, 7) is 0.914. The first-order valence-electron chi connectivity index (χ1n) is 4.48. The van der Waals surface area contributed by atoms with Crippen molar-refractivity contribution in [3.05, 3.63) is 27.7 Å². The summed E-state index contributed by atoms with van der Waals surface area (Å²) >= 11 is 9.40. The van der Waals surface area contributed by atoms with Gasteiger partial charge in [-0.3, -0.25) is 5.41 Å². The lowest BCUT2D eigenvalue weighted by Gasteiger charge is -2.19. The minimum atomic E-state index is 0.674. The Bertz CT molecular complexity index is 378. The van der Waals surface area contributed by atoms with Crippen molar-refractivity contribution in [3.63, 3.8) is 0 Å². The number of anilines is 1. The zero-order valence-electron chi connectivity index (χ0n) is 7.56. The molecule has 0 radical (unpaired) electrons. The number of benzene rings is 1. The van der Waals surface area contributed by atoms with Crippen molar-refractivity contribution >= 4 is 39.1 Å². The molecule has 0 saturated carbocycles. The molecule has 1 aliphatic heterocycles. The molecule has 1 fully saturated rings. The zero-order chi connectivity index (χ0) is 10.1. The Balaban J connectivity index is 2.39. The average molecular weight is 274 g/mol. The zero-order valence-corrected chi connectivity index (χ0v) is 9.90. The van der Waals surface area contributed by atoms with E-state index in [0.717, 1.165) is 29.5 Å². The van der Waals surface area contributed by atoms with Crippen LogP contribution in [0.3, 0.4) is 0 Å². The summed E-state index contributed by atoms with van der Waals surface area (Å²) in [6.07, 6.45) is 1.91. The van der Waals surface area contributed by atoms with Crippen molar-refractivity contribution in [1.82, 2.24) is 0 Å². The van der Waals surface area contributed by atoms with E-state index in [1.54, 1.807) is 0 Å². The van der Waals surface area contributed by atoms with Crippen LogP contribution in [0.15, 0.2) is 22.7 Å². The van der Waals surface area contributed by atoms with Crippen LogP contribution in [0, 0.1) is 5.41 Å². The molecule has 4 heteroatoms. The fraction of sp³-hybridized carbons (Fsp3) is 0.300. The summed E-state index contributed by atoms with van der Waals surface area (Å²) in [7, 11) is 0. The molecule has 0 aromatic heterocycles. The van der Waals surface area contributed by atoms with E-state index in [2.05, 4.69) is 15.9 Å². The van der Waals surface area contributed by atoms with Crippen LogP contribution in [0.2, 0.25) is 5.02 Å². The molecule has 0 unspecified atom stereocenters. The molecule has 1 aromatic carbocycles. The van der Waals surface area contributed by atoms with Gasteiger partial charge in [0, 0.05) is 22.5 Å². The highest BCUT2D eigenvalue weighted by Crippen LogP contribution is 2.32. The first-order valence-corrected chi connectivity index (χ1v) is 5.65. The molecule has 1 heterocycles. The molecule has 0 aliphatic carbocycles. The summed E-state index contributed by atoms with van der Waals surface area (Å²) < 4.78 is 0.994. The van der Waals surface area contributed by atoms with Gasteiger partial charge in [-0.25, -0.2) is 0 Å². The Labute approximate surface area is 96.5 Å². The molecule has 0 amide bonds. The summed E-state index contributed by atoms with van der Waals surface area (Å²) in [5.41, 5.74) is 1.00. The average Bonchev–Trinajstić information content (AvgIpc) is 2.56. The van der Waals surface area contributed by atoms with Gasteiger partial charge in [0.25, 0.3) is 0 Å². The maximum absolute atomic E-state index is 7.77. The van der Waals surface area contributed by atoms with Crippen LogP contribution in [0.4, 0.5) is 5.69 Å². The van der Waals surface area contributed by atoms with Gasteiger partial charge >= 0.3 is 0 Å². The van der Waals surface area contributed by atoms with Gasteiger partial charge in [-0.15, -0.1) is 0 Å². The van der Waals surface area contributed by atoms with Gasteiger partial charge in [-0.1, -0.05) is 11.6 Å². The van der Waals surface area contributed by atoms with Gasteiger partial charge in [0.1, 0.15) is 5.84 Å². The fourth-order valence-corrected chi connectivity index (χ4v) is 2.26. The lowest BCUT2D eigenvalue weighted by molar-refractivity contribution is 0.955. The van der Waals surface area contributed by atoms with Gasteiger partial charge in [-0.05, 0) is 40.5 Å². The van der Waals surface area contributed by atoms with Crippen LogP contribution in [-0.4, -0.2) is 12.4 Å². The summed E-state index contributed by atoms with van der Waals surface area (Å²) in [5, 5.41) is 8.48.